The SMILES string of the molecule is COC(=O)c1sccc1NC(=O)Cc1ccccc1C. The lowest BCUT2D eigenvalue weighted by molar-refractivity contribution is -0.115. The first kappa shape index (κ1) is 14.3. The van der Waals surface area contributed by atoms with E-state index < -0.39 is 5.97 Å². The van der Waals surface area contributed by atoms with Crippen LogP contribution in [0.3, 0.4) is 0 Å². The Morgan fingerprint density at radius 2 is 2.00 bits per heavy atom. The molecule has 20 heavy (non-hydrogen) atoms. The molecule has 0 saturated carbocycles. The molecule has 2 rings (SSSR count). The van der Waals surface area contributed by atoms with E-state index in [-0.39, 0.29) is 12.3 Å². The first-order valence-electron chi connectivity index (χ1n) is 6.12. The molecule has 0 bridgehead atoms. The lowest BCUT2D eigenvalue weighted by Crippen LogP contribution is -2.16. The second kappa shape index (κ2) is 6.34. The monoisotopic (exact) mass is 289 g/mol. The van der Waals surface area contributed by atoms with E-state index in [0.717, 1.165) is 11.1 Å². The number of carbonyl (C=O) groups is 2. The van der Waals surface area contributed by atoms with E-state index in [0.29, 0.717) is 10.6 Å². The minimum atomic E-state index is -0.439. The van der Waals surface area contributed by atoms with E-state index in [1.165, 1.54) is 18.4 Å². The van der Waals surface area contributed by atoms with Crippen molar-refractivity contribution in [2.45, 2.75) is 13.3 Å². The standard InChI is InChI=1S/C15H15NO3S/c1-10-5-3-4-6-11(10)9-13(17)16-12-7-8-20-14(12)15(18)19-2/h3-8H,9H2,1-2H3,(H,16,17). The summed E-state index contributed by atoms with van der Waals surface area (Å²) in [6.45, 7) is 1.97. The molecule has 0 unspecified atom stereocenters. The maximum Gasteiger partial charge on any atom is 0.350 e. The average molecular weight is 289 g/mol. The van der Waals surface area contributed by atoms with Crippen LogP contribution in [-0.4, -0.2) is 19.0 Å². The number of methoxy groups -OCH3 is 1. The summed E-state index contributed by atoms with van der Waals surface area (Å²) in [5.74, 6) is -0.589. The molecule has 1 N–H and O–H groups in total. The molecule has 1 aromatic carbocycles. The van der Waals surface area contributed by atoms with Crippen LogP contribution in [0.4, 0.5) is 5.69 Å². The molecule has 0 aliphatic carbocycles. The third-order valence-electron chi connectivity index (χ3n) is 2.92. The van der Waals surface area contributed by atoms with Crippen LogP contribution in [0.1, 0.15) is 20.8 Å². The van der Waals surface area contributed by atoms with Crippen LogP contribution < -0.4 is 5.32 Å². The summed E-state index contributed by atoms with van der Waals surface area (Å²) in [6, 6.07) is 9.43. The van der Waals surface area contributed by atoms with Gasteiger partial charge in [-0.05, 0) is 29.5 Å². The van der Waals surface area contributed by atoms with Crippen molar-refractivity contribution < 1.29 is 14.3 Å². The first-order chi connectivity index (χ1) is 9.61. The van der Waals surface area contributed by atoms with Gasteiger partial charge in [-0.15, -0.1) is 11.3 Å². The van der Waals surface area contributed by atoms with Gasteiger partial charge in [0, 0.05) is 0 Å². The lowest BCUT2D eigenvalue weighted by atomic mass is 10.1. The lowest BCUT2D eigenvalue weighted by Gasteiger charge is -2.07. The molecule has 0 aliphatic heterocycles. The zero-order chi connectivity index (χ0) is 14.5. The normalized spacial score (nSPS) is 10.1. The molecule has 0 radical (unpaired) electrons. The van der Waals surface area contributed by atoms with Gasteiger partial charge in [0.15, 0.2) is 0 Å². The van der Waals surface area contributed by atoms with Gasteiger partial charge in [-0.2, -0.15) is 0 Å². The Bertz CT molecular complexity index is 634. The minimum absolute atomic E-state index is 0.150. The topological polar surface area (TPSA) is 55.4 Å². The molecule has 2 aromatic rings. The number of rotatable bonds is 4. The van der Waals surface area contributed by atoms with Crippen LogP contribution >= 0.6 is 11.3 Å². The fraction of sp³-hybridized carbons (Fsp3) is 0.200. The van der Waals surface area contributed by atoms with Gasteiger partial charge in [0.25, 0.3) is 0 Å². The fourth-order valence-corrected chi connectivity index (χ4v) is 2.60. The number of hydrogen-bond acceptors (Lipinski definition) is 4. The van der Waals surface area contributed by atoms with Crippen LogP contribution in [0, 0.1) is 6.92 Å². The molecule has 0 spiro atoms. The average Bonchev–Trinajstić information content (AvgIpc) is 2.88. The third-order valence-corrected chi connectivity index (χ3v) is 3.82. The van der Waals surface area contributed by atoms with Gasteiger partial charge in [-0.3, -0.25) is 4.79 Å². The second-order valence-corrected chi connectivity index (χ2v) is 5.22. The number of ether oxygens (including phenoxy) is 1. The molecule has 1 heterocycles. The third kappa shape index (κ3) is 3.24. The smallest absolute Gasteiger partial charge is 0.350 e. The molecule has 4 nitrogen and oxygen atoms in total. The van der Waals surface area contributed by atoms with Crippen LogP contribution in [0.2, 0.25) is 0 Å². The van der Waals surface area contributed by atoms with E-state index >= 15 is 0 Å². The maximum absolute atomic E-state index is 12.0. The van der Waals surface area contributed by atoms with E-state index in [1.54, 1.807) is 11.4 Å². The largest absolute Gasteiger partial charge is 0.465 e. The zero-order valence-corrected chi connectivity index (χ0v) is 12.1. The number of anilines is 1. The predicted molar refractivity (Wildman–Crippen MR) is 79.2 cm³/mol. The van der Waals surface area contributed by atoms with Gasteiger partial charge in [-0.1, -0.05) is 24.3 Å². The van der Waals surface area contributed by atoms with Crippen molar-refractivity contribution in [2.75, 3.05) is 12.4 Å². The maximum atomic E-state index is 12.0. The Labute approximate surface area is 121 Å². The Balaban J connectivity index is 2.08. The summed E-state index contributed by atoms with van der Waals surface area (Å²) in [5.41, 5.74) is 2.54. The van der Waals surface area contributed by atoms with Gasteiger partial charge in [0.05, 0.1) is 19.2 Å². The van der Waals surface area contributed by atoms with Crippen molar-refractivity contribution in [2.24, 2.45) is 0 Å². The first-order valence-corrected chi connectivity index (χ1v) is 7.00. The van der Waals surface area contributed by atoms with E-state index in [9.17, 15) is 9.59 Å². The van der Waals surface area contributed by atoms with Gasteiger partial charge < -0.3 is 10.1 Å². The number of carbonyl (C=O) groups excluding carboxylic acids is 2. The summed E-state index contributed by atoms with van der Waals surface area (Å²) in [7, 11) is 1.32. The van der Waals surface area contributed by atoms with Gasteiger partial charge in [0.2, 0.25) is 5.91 Å². The second-order valence-electron chi connectivity index (χ2n) is 4.31. The number of amides is 1. The van der Waals surface area contributed by atoms with Crippen LogP contribution in [0.15, 0.2) is 35.7 Å². The van der Waals surface area contributed by atoms with Crippen molar-refractivity contribution in [1.29, 1.82) is 0 Å². The Morgan fingerprint density at radius 3 is 2.70 bits per heavy atom. The summed E-state index contributed by atoms with van der Waals surface area (Å²) in [4.78, 5) is 24.0. The highest BCUT2D eigenvalue weighted by Gasteiger charge is 2.15. The van der Waals surface area contributed by atoms with E-state index in [4.69, 9.17) is 0 Å². The predicted octanol–water partition coefficient (Wildman–Crippen LogP) is 3.02. The zero-order valence-electron chi connectivity index (χ0n) is 11.3. The van der Waals surface area contributed by atoms with Crippen molar-refractivity contribution in [3.8, 4) is 0 Å². The van der Waals surface area contributed by atoms with Crippen molar-refractivity contribution in [3.63, 3.8) is 0 Å². The number of esters is 1. The molecule has 1 aromatic heterocycles. The Hall–Kier alpha value is -2.14. The molecule has 0 fully saturated rings. The highest BCUT2D eigenvalue weighted by Crippen LogP contribution is 2.23. The summed E-state index contributed by atoms with van der Waals surface area (Å²) in [5, 5.41) is 4.50. The molecule has 0 saturated heterocycles. The van der Waals surface area contributed by atoms with Gasteiger partial charge in [-0.25, -0.2) is 4.79 Å². The summed E-state index contributed by atoms with van der Waals surface area (Å²) >= 11 is 1.24. The van der Waals surface area contributed by atoms with Crippen LogP contribution in [0.5, 0.6) is 0 Å². The minimum Gasteiger partial charge on any atom is -0.465 e. The molecule has 0 atom stereocenters. The van der Waals surface area contributed by atoms with Crippen molar-refractivity contribution in [3.05, 3.63) is 51.7 Å². The van der Waals surface area contributed by atoms with Gasteiger partial charge in [0.1, 0.15) is 4.88 Å². The van der Waals surface area contributed by atoms with Crippen molar-refractivity contribution in [1.82, 2.24) is 0 Å². The fourth-order valence-electron chi connectivity index (χ4n) is 1.83. The van der Waals surface area contributed by atoms with E-state index in [1.807, 2.05) is 31.2 Å². The quantitative estimate of drug-likeness (QED) is 0.880. The van der Waals surface area contributed by atoms with Gasteiger partial charge >= 0.3 is 5.97 Å². The van der Waals surface area contributed by atoms with Crippen LogP contribution in [-0.2, 0) is 16.0 Å². The highest BCUT2D eigenvalue weighted by molar-refractivity contribution is 7.12. The summed E-state index contributed by atoms with van der Waals surface area (Å²) < 4.78 is 4.67. The summed E-state index contributed by atoms with van der Waals surface area (Å²) in [6.07, 6.45) is 0.281. The number of aryl methyl sites for hydroxylation is 1. The van der Waals surface area contributed by atoms with E-state index in [2.05, 4.69) is 10.1 Å². The number of hydrogen-bond donors (Lipinski definition) is 1. The Morgan fingerprint density at radius 1 is 1.25 bits per heavy atom. The molecule has 104 valence electrons. The molecule has 0 aliphatic rings. The molecule has 5 heteroatoms. The molecule has 1 amide bonds. The molecular formula is C15H15NO3S. The number of nitrogens with one attached hydrogen (secondary N) is 1. The van der Waals surface area contributed by atoms with Crippen LogP contribution in [0.25, 0.3) is 0 Å². The van der Waals surface area contributed by atoms with Crippen molar-refractivity contribution >= 4 is 28.9 Å². The number of thiophene rings is 1. The highest BCUT2D eigenvalue weighted by atomic mass is 32.1. The molecular weight excluding hydrogens is 274 g/mol. The number of benzene rings is 1. The Kier molecular flexibility index (Phi) is 4.53.